The molecule has 0 spiro atoms. The molecule has 0 atom stereocenters. The third-order valence-electron chi connectivity index (χ3n) is 2.70. The zero-order valence-corrected chi connectivity index (χ0v) is 12.7. The normalized spacial score (nSPS) is 10.6. The van der Waals surface area contributed by atoms with E-state index in [4.69, 9.17) is 10.9 Å². The summed E-state index contributed by atoms with van der Waals surface area (Å²) >= 11 is 0. The molecule has 0 bridgehead atoms. The van der Waals surface area contributed by atoms with E-state index in [9.17, 15) is 13.2 Å². The number of rotatable bonds is 5. The summed E-state index contributed by atoms with van der Waals surface area (Å²) in [5.41, 5.74) is 7.52. The molecule has 0 aliphatic heterocycles. The zero-order valence-electron chi connectivity index (χ0n) is 11.8. The van der Waals surface area contributed by atoms with Gasteiger partial charge in [-0.2, -0.15) is 0 Å². The first-order valence-corrected chi connectivity index (χ1v) is 8.13. The number of hydrogen-bond donors (Lipinski definition) is 3. The summed E-state index contributed by atoms with van der Waals surface area (Å²) in [6, 6.07) is 5.16. The lowest BCUT2D eigenvalue weighted by molar-refractivity contribution is 0.0953. The number of sulfonamides is 1. The van der Waals surface area contributed by atoms with E-state index >= 15 is 0 Å². The van der Waals surface area contributed by atoms with Gasteiger partial charge in [-0.1, -0.05) is 11.8 Å². The fourth-order valence-corrected chi connectivity index (χ4v) is 2.22. The highest BCUT2D eigenvalue weighted by molar-refractivity contribution is 7.89. The van der Waals surface area contributed by atoms with E-state index in [1.165, 1.54) is 0 Å². The molecule has 1 aromatic carbocycles. The van der Waals surface area contributed by atoms with Crippen LogP contribution in [0.5, 0.6) is 0 Å². The molecule has 0 fully saturated rings. The number of nitrogens with one attached hydrogen (secondary N) is 1. The average Bonchev–Trinajstić information content (AvgIpc) is 2.41. The molecule has 114 valence electrons. The van der Waals surface area contributed by atoms with Crippen molar-refractivity contribution in [2.45, 2.75) is 13.3 Å². The van der Waals surface area contributed by atoms with E-state index in [0.717, 1.165) is 11.1 Å². The standard InChI is InChI=1S/C14H19N3O3S/c1-11-10-13(6-5-12(11)4-2-7-15)14(18)17-8-3-9-21(16,19)20/h5-6,10H,3,7-9,15H2,1H3,(H,17,18)(H2,16,19,20). The number of amides is 1. The Bertz CT molecular complexity index is 672. The third kappa shape index (κ3) is 6.40. The monoisotopic (exact) mass is 309 g/mol. The summed E-state index contributed by atoms with van der Waals surface area (Å²) in [6.45, 7) is 2.40. The van der Waals surface area contributed by atoms with Gasteiger partial charge in [0.1, 0.15) is 0 Å². The van der Waals surface area contributed by atoms with Gasteiger partial charge in [0.15, 0.2) is 0 Å². The fourth-order valence-electron chi connectivity index (χ4n) is 1.67. The van der Waals surface area contributed by atoms with Crippen LogP contribution in [0.15, 0.2) is 18.2 Å². The molecule has 1 amide bonds. The lowest BCUT2D eigenvalue weighted by Gasteiger charge is -2.06. The molecule has 0 heterocycles. The molecule has 6 nitrogen and oxygen atoms in total. The third-order valence-corrected chi connectivity index (χ3v) is 3.56. The number of carbonyl (C=O) groups is 1. The lowest BCUT2D eigenvalue weighted by Crippen LogP contribution is -2.27. The van der Waals surface area contributed by atoms with E-state index in [1.807, 2.05) is 6.92 Å². The first-order chi connectivity index (χ1) is 9.83. The van der Waals surface area contributed by atoms with E-state index in [1.54, 1.807) is 18.2 Å². The van der Waals surface area contributed by atoms with Gasteiger partial charge >= 0.3 is 0 Å². The van der Waals surface area contributed by atoms with Gasteiger partial charge in [0.25, 0.3) is 5.91 Å². The van der Waals surface area contributed by atoms with Crippen LogP contribution in [0, 0.1) is 18.8 Å². The van der Waals surface area contributed by atoms with Crippen molar-refractivity contribution in [3.8, 4) is 11.8 Å². The average molecular weight is 309 g/mol. The number of aryl methyl sites for hydroxylation is 1. The van der Waals surface area contributed by atoms with E-state index in [0.29, 0.717) is 5.56 Å². The Morgan fingerprint density at radius 2 is 2.10 bits per heavy atom. The fraction of sp³-hybridized carbons (Fsp3) is 0.357. The minimum atomic E-state index is -3.48. The van der Waals surface area contributed by atoms with Crippen LogP contribution in [-0.4, -0.2) is 33.2 Å². The molecule has 5 N–H and O–H groups in total. The second-order valence-electron chi connectivity index (χ2n) is 4.51. The van der Waals surface area contributed by atoms with Gasteiger partial charge in [-0.25, -0.2) is 13.6 Å². The Labute approximate surface area is 125 Å². The van der Waals surface area contributed by atoms with E-state index in [-0.39, 0.29) is 31.2 Å². The summed E-state index contributed by atoms with van der Waals surface area (Å²) in [6.07, 6.45) is 0.281. The predicted molar refractivity (Wildman–Crippen MR) is 82.0 cm³/mol. The number of nitrogens with two attached hydrogens (primary N) is 2. The van der Waals surface area contributed by atoms with Crippen molar-refractivity contribution >= 4 is 15.9 Å². The highest BCUT2D eigenvalue weighted by atomic mass is 32.2. The molecule has 7 heteroatoms. The van der Waals surface area contributed by atoms with Crippen molar-refractivity contribution in [3.63, 3.8) is 0 Å². The molecule has 0 aliphatic rings. The number of primary sulfonamides is 1. The molecule has 0 saturated heterocycles. The molecule has 0 radical (unpaired) electrons. The van der Waals surface area contributed by atoms with E-state index < -0.39 is 10.0 Å². The summed E-state index contributed by atoms with van der Waals surface area (Å²) in [5, 5.41) is 7.52. The zero-order chi connectivity index (χ0) is 15.9. The summed E-state index contributed by atoms with van der Waals surface area (Å²) in [5.74, 6) is 5.27. The maximum atomic E-state index is 11.9. The van der Waals surface area contributed by atoms with Crippen LogP contribution >= 0.6 is 0 Å². The first-order valence-electron chi connectivity index (χ1n) is 6.42. The van der Waals surface area contributed by atoms with Crippen molar-refractivity contribution in [2.24, 2.45) is 10.9 Å². The molecule has 0 saturated carbocycles. The maximum absolute atomic E-state index is 11.9. The van der Waals surface area contributed by atoms with Crippen LogP contribution in [0.2, 0.25) is 0 Å². The largest absolute Gasteiger partial charge is 0.352 e. The van der Waals surface area contributed by atoms with Crippen LogP contribution in [-0.2, 0) is 10.0 Å². The molecule has 0 aliphatic carbocycles. The number of carbonyl (C=O) groups excluding carboxylic acids is 1. The van der Waals surface area contributed by atoms with Crippen molar-refractivity contribution < 1.29 is 13.2 Å². The highest BCUT2D eigenvalue weighted by Gasteiger charge is 2.08. The first kappa shape index (κ1) is 17.2. The summed E-state index contributed by atoms with van der Waals surface area (Å²) in [4.78, 5) is 11.9. The van der Waals surface area contributed by atoms with Gasteiger partial charge in [0.05, 0.1) is 12.3 Å². The van der Waals surface area contributed by atoms with E-state index in [2.05, 4.69) is 17.2 Å². The molecule has 0 unspecified atom stereocenters. The Hall–Kier alpha value is -1.88. The van der Waals surface area contributed by atoms with Gasteiger partial charge in [-0.15, -0.1) is 0 Å². The Morgan fingerprint density at radius 1 is 1.38 bits per heavy atom. The minimum Gasteiger partial charge on any atom is -0.352 e. The van der Waals surface area contributed by atoms with Crippen LogP contribution in [0.3, 0.4) is 0 Å². The van der Waals surface area contributed by atoms with Crippen LogP contribution in [0.4, 0.5) is 0 Å². The van der Waals surface area contributed by atoms with Gasteiger partial charge in [-0.3, -0.25) is 4.79 Å². The lowest BCUT2D eigenvalue weighted by atomic mass is 10.0. The predicted octanol–water partition coefficient (Wildman–Crippen LogP) is -0.286. The quantitative estimate of drug-likeness (QED) is 0.512. The maximum Gasteiger partial charge on any atom is 0.251 e. The van der Waals surface area contributed by atoms with Crippen molar-refractivity contribution in [2.75, 3.05) is 18.8 Å². The minimum absolute atomic E-state index is 0.153. The van der Waals surface area contributed by atoms with Gasteiger partial charge in [0, 0.05) is 17.7 Å². The Balaban J connectivity index is 2.61. The van der Waals surface area contributed by atoms with Crippen molar-refractivity contribution in [3.05, 3.63) is 34.9 Å². The molecule has 1 rings (SSSR count). The second-order valence-corrected chi connectivity index (χ2v) is 6.25. The SMILES string of the molecule is Cc1cc(C(=O)NCCCS(N)(=O)=O)ccc1C#CCN. The van der Waals surface area contributed by atoms with Crippen LogP contribution in [0.1, 0.15) is 27.9 Å². The highest BCUT2D eigenvalue weighted by Crippen LogP contribution is 2.10. The molecule has 1 aromatic rings. The summed E-state index contributed by atoms with van der Waals surface area (Å²) in [7, 11) is -3.48. The Morgan fingerprint density at radius 3 is 2.67 bits per heavy atom. The van der Waals surface area contributed by atoms with Gasteiger partial charge in [-0.05, 0) is 37.1 Å². The topological polar surface area (TPSA) is 115 Å². The van der Waals surface area contributed by atoms with Crippen LogP contribution < -0.4 is 16.2 Å². The van der Waals surface area contributed by atoms with Crippen LogP contribution in [0.25, 0.3) is 0 Å². The number of hydrogen-bond acceptors (Lipinski definition) is 4. The van der Waals surface area contributed by atoms with Gasteiger partial charge < -0.3 is 11.1 Å². The molecule has 0 aromatic heterocycles. The molecular formula is C14H19N3O3S. The molecule has 21 heavy (non-hydrogen) atoms. The van der Waals surface area contributed by atoms with Crippen molar-refractivity contribution in [1.82, 2.24) is 5.32 Å². The molecular weight excluding hydrogens is 290 g/mol. The Kier molecular flexibility index (Phi) is 6.37. The van der Waals surface area contributed by atoms with Crippen molar-refractivity contribution in [1.29, 1.82) is 0 Å². The smallest absolute Gasteiger partial charge is 0.251 e. The number of benzene rings is 1. The summed E-state index contributed by atoms with van der Waals surface area (Å²) < 4.78 is 21.5. The second kappa shape index (κ2) is 7.78. The van der Waals surface area contributed by atoms with Gasteiger partial charge in [0.2, 0.25) is 10.0 Å².